The average molecular weight is 287 g/mol. The van der Waals surface area contributed by atoms with Gasteiger partial charge in [-0.15, -0.1) is 0 Å². The quantitative estimate of drug-likeness (QED) is 0.582. The van der Waals surface area contributed by atoms with Crippen molar-refractivity contribution in [2.45, 2.75) is 13.3 Å². The van der Waals surface area contributed by atoms with Crippen LogP contribution in [-0.4, -0.2) is 24.8 Å². The molecule has 0 saturated heterocycles. The van der Waals surface area contributed by atoms with Crippen LogP contribution in [0, 0.1) is 0 Å². The van der Waals surface area contributed by atoms with Crippen molar-refractivity contribution in [3.63, 3.8) is 0 Å². The molecule has 2 aromatic rings. The van der Waals surface area contributed by atoms with Gasteiger partial charge in [0.1, 0.15) is 0 Å². The molecule has 0 N–H and O–H groups in total. The zero-order chi connectivity index (χ0) is 14.4. The summed E-state index contributed by atoms with van der Waals surface area (Å²) in [6.07, 6.45) is 2.70. The first-order valence-electron chi connectivity index (χ1n) is 6.76. The van der Waals surface area contributed by atoms with E-state index < -0.39 is 0 Å². The third-order valence-electron chi connectivity index (χ3n) is 3.19. The van der Waals surface area contributed by atoms with E-state index in [9.17, 15) is 0 Å². The Morgan fingerprint density at radius 1 is 1.10 bits per heavy atom. The topological polar surface area (TPSA) is 15.6 Å². The maximum atomic E-state index is 6.18. The normalized spacial score (nSPS) is 10.9. The van der Waals surface area contributed by atoms with E-state index in [-0.39, 0.29) is 0 Å². The molecular formula is C17H19ClN2. The molecule has 0 heterocycles. The summed E-state index contributed by atoms with van der Waals surface area (Å²) in [4.78, 5) is 6.46. The van der Waals surface area contributed by atoms with E-state index in [0.29, 0.717) is 0 Å². The van der Waals surface area contributed by atoms with Crippen LogP contribution in [0.3, 0.4) is 0 Å². The molecule has 0 radical (unpaired) electrons. The average Bonchev–Trinajstić information content (AvgIpc) is 2.48. The van der Waals surface area contributed by atoms with Crippen LogP contribution in [0.4, 0.5) is 5.69 Å². The van der Waals surface area contributed by atoms with Crippen molar-refractivity contribution in [3.8, 4) is 0 Å². The molecule has 0 fully saturated rings. The third kappa shape index (κ3) is 4.10. The fraction of sp³-hybridized carbons (Fsp3) is 0.235. The Labute approximate surface area is 125 Å². The number of rotatable bonds is 5. The minimum absolute atomic E-state index is 0.819. The zero-order valence-electron chi connectivity index (χ0n) is 11.9. The van der Waals surface area contributed by atoms with Gasteiger partial charge in [-0.25, -0.2) is 4.99 Å². The van der Waals surface area contributed by atoms with E-state index in [1.54, 1.807) is 0 Å². The van der Waals surface area contributed by atoms with Crippen LogP contribution in [0.1, 0.15) is 18.1 Å². The van der Waals surface area contributed by atoms with Crippen LogP contribution in [-0.2, 0) is 6.42 Å². The zero-order valence-corrected chi connectivity index (χ0v) is 12.6. The summed E-state index contributed by atoms with van der Waals surface area (Å²) in [7, 11) is 2.01. The summed E-state index contributed by atoms with van der Waals surface area (Å²) < 4.78 is 0. The van der Waals surface area contributed by atoms with Crippen LogP contribution >= 0.6 is 11.6 Å². The second-order valence-corrected chi connectivity index (χ2v) is 5.16. The number of nitrogens with zero attached hydrogens (tertiary/aromatic N) is 2. The molecule has 0 bridgehead atoms. The van der Waals surface area contributed by atoms with Gasteiger partial charge in [0.2, 0.25) is 0 Å². The highest BCUT2D eigenvalue weighted by Gasteiger charge is 2.00. The van der Waals surface area contributed by atoms with Crippen LogP contribution in [0.25, 0.3) is 0 Å². The molecule has 0 amide bonds. The summed E-state index contributed by atoms with van der Waals surface area (Å²) >= 11 is 6.18. The lowest BCUT2D eigenvalue weighted by atomic mass is 10.0. The number of benzene rings is 2. The third-order valence-corrected chi connectivity index (χ3v) is 3.56. The molecule has 0 spiro atoms. The smallest absolute Gasteiger partial charge is 0.0909 e. The molecule has 20 heavy (non-hydrogen) atoms. The molecular weight excluding hydrogens is 268 g/mol. The van der Waals surface area contributed by atoms with Gasteiger partial charge >= 0.3 is 0 Å². The molecule has 0 saturated carbocycles. The second-order valence-electron chi connectivity index (χ2n) is 4.75. The van der Waals surface area contributed by atoms with Crippen molar-refractivity contribution in [1.82, 2.24) is 4.90 Å². The number of hydrogen-bond acceptors (Lipinski definition) is 1. The van der Waals surface area contributed by atoms with Crippen molar-refractivity contribution >= 4 is 23.6 Å². The van der Waals surface area contributed by atoms with Gasteiger partial charge in [0.15, 0.2) is 0 Å². The van der Waals surface area contributed by atoms with Crippen LogP contribution in [0.5, 0.6) is 0 Å². The Balaban J connectivity index is 2.05. The predicted octanol–water partition coefficient (Wildman–Crippen LogP) is 4.54. The van der Waals surface area contributed by atoms with Crippen molar-refractivity contribution in [2.24, 2.45) is 4.99 Å². The highest BCUT2D eigenvalue weighted by atomic mass is 35.5. The fourth-order valence-electron chi connectivity index (χ4n) is 1.81. The van der Waals surface area contributed by atoms with Gasteiger partial charge in [0, 0.05) is 18.6 Å². The number of hydrogen-bond donors (Lipinski definition) is 0. The first-order chi connectivity index (χ1) is 9.69. The lowest BCUT2D eigenvalue weighted by molar-refractivity contribution is 0.552. The molecule has 2 aromatic carbocycles. The molecule has 0 aliphatic carbocycles. The Hall–Kier alpha value is -1.80. The van der Waals surface area contributed by atoms with Crippen molar-refractivity contribution in [1.29, 1.82) is 0 Å². The predicted molar refractivity (Wildman–Crippen MR) is 87.2 cm³/mol. The van der Waals surface area contributed by atoms with Crippen molar-refractivity contribution < 1.29 is 0 Å². The van der Waals surface area contributed by atoms with Gasteiger partial charge in [-0.2, -0.15) is 0 Å². The summed E-state index contributed by atoms with van der Waals surface area (Å²) in [5.74, 6) is 0. The highest BCUT2D eigenvalue weighted by molar-refractivity contribution is 6.31. The fourth-order valence-corrected chi connectivity index (χ4v) is 2.01. The first kappa shape index (κ1) is 14.6. The van der Waals surface area contributed by atoms with E-state index in [1.165, 1.54) is 5.56 Å². The molecule has 0 aliphatic rings. The molecule has 2 rings (SSSR count). The van der Waals surface area contributed by atoms with E-state index >= 15 is 0 Å². The molecule has 0 aliphatic heterocycles. The lowest BCUT2D eigenvalue weighted by Crippen LogP contribution is -2.14. The second kappa shape index (κ2) is 7.11. The van der Waals surface area contributed by atoms with Gasteiger partial charge in [0.25, 0.3) is 0 Å². The van der Waals surface area contributed by atoms with E-state index in [2.05, 4.69) is 30.1 Å². The molecule has 2 nitrogen and oxygen atoms in total. The van der Waals surface area contributed by atoms with Crippen molar-refractivity contribution in [2.75, 3.05) is 13.6 Å². The Kier molecular flexibility index (Phi) is 5.19. The van der Waals surface area contributed by atoms with E-state index in [4.69, 9.17) is 11.6 Å². The lowest BCUT2D eigenvalue weighted by Gasteiger charge is -2.08. The maximum absolute atomic E-state index is 6.18. The number of aliphatic imine (C=N–C) groups is 1. The number of halogens is 1. The van der Waals surface area contributed by atoms with E-state index in [0.717, 1.165) is 29.2 Å². The minimum atomic E-state index is 0.819. The largest absolute Gasteiger partial charge is 0.366 e. The maximum Gasteiger partial charge on any atom is 0.0909 e. The molecule has 0 aromatic heterocycles. The summed E-state index contributed by atoms with van der Waals surface area (Å²) in [5, 5.41) is 0.819. The monoisotopic (exact) mass is 286 g/mol. The Bertz CT molecular complexity index is 576. The van der Waals surface area contributed by atoms with Gasteiger partial charge in [-0.05, 0) is 42.7 Å². The summed E-state index contributed by atoms with van der Waals surface area (Å²) in [5.41, 5.74) is 3.35. The molecule has 0 atom stereocenters. The molecule has 0 unspecified atom stereocenters. The Morgan fingerprint density at radius 3 is 2.45 bits per heavy atom. The summed E-state index contributed by atoms with van der Waals surface area (Å²) in [6.45, 7) is 3.05. The first-order valence-corrected chi connectivity index (χ1v) is 7.13. The van der Waals surface area contributed by atoms with Gasteiger partial charge in [0.05, 0.1) is 12.0 Å². The SMILES string of the molecule is CCN(C)C=Nc1ccc(Cc2ccccc2Cl)cc1. The highest BCUT2D eigenvalue weighted by Crippen LogP contribution is 2.20. The van der Waals surface area contributed by atoms with Crippen LogP contribution < -0.4 is 0 Å². The van der Waals surface area contributed by atoms with E-state index in [1.807, 2.05) is 48.6 Å². The van der Waals surface area contributed by atoms with Crippen LogP contribution in [0.2, 0.25) is 5.02 Å². The van der Waals surface area contributed by atoms with Gasteiger partial charge in [-0.3, -0.25) is 0 Å². The van der Waals surface area contributed by atoms with Crippen molar-refractivity contribution in [3.05, 3.63) is 64.7 Å². The molecule has 104 valence electrons. The standard InChI is InChI=1S/C17H19ClN2/c1-3-20(2)13-19-16-10-8-14(9-11-16)12-15-6-4-5-7-17(15)18/h4-11,13H,3,12H2,1-2H3. The summed E-state index contributed by atoms with van der Waals surface area (Å²) in [6, 6.07) is 16.2. The van der Waals surface area contributed by atoms with Gasteiger partial charge in [-0.1, -0.05) is 41.9 Å². The van der Waals surface area contributed by atoms with Gasteiger partial charge < -0.3 is 4.90 Å². The molecule has 3 heteroatoms. The minimum Gasteiger partial charge on any atom is -0.366 e. The Morgan fingerprint density at radius 2 is 1.80 bits per heavy atom. The van der Waals surface area contributed by atoms with Crippen LogP contribution in [0.15, 0.2) is 53.5 Å².